The number of ether oxygens (including phenoxy) is 1. The van der Waals surface area contributed by atoms with Crippen molar-refractivity contribution in [2.45, 2.75) is 46.3 Å². The molecule has 2 aromatic rings. The van der Waals surface area contributed by atoms with Gasteiger partial charge in [-0.15, -0.1) is 0 Å². The fourth-order valence-electron chi connectivity index (χ4n) is 2.27. The van der Waals surface area contributed by atoms with Crippen LogP contribution in [0.2, 0.25) is 0 Å². The number of H-pyrrole nitrogens is 1. The van der Waals surface area contributed by atoms with Gasteiger partial charge in [0.15, 0.2) is 0 Å². The fourth-order valence-corrected chi connectivity index (χ4v) is 2.27. The Kier molecular flexibility index (Phi) is 5.81. The lowest BCUT2D eigenvalue weighted by Crippen LogP contribution is -2.15. The molecule has 1 aromatic heterocycles. The molecule has 0 aliphatic heterocycles. The number of rotatable bonds is 8. The molecule has 114 valence electrons. The molecule has 0 spiro atoms. The van der Waals surface area contributed by atoms with Gasteiger partial charge in [0, 0.05) is 12.2 Å². The van der Waals surface area contributed by atoms with Gasteiger partial charge in [-0.1, -0.05) is 12.1 Å². The van der Waals surface area contributed by atoms with Gasteiger partial charge < -0.3 is 10.1 Å². The molecule has 0 aliphatic carbocycles. The maximum absolute atomic E-state index is 5.71. The zero-order valence-electron chi connectivity index (χ0n) is 13.1. The summed E-state index contributed by atoms with van der Waals surface area (Å²) >= 11 is 0. The number of nitrogens with zero attached hydrogens (tertiary/aromatic N) is 1. The van der Waals surface area contributed by atoms with Crippen LogP contribution in [-0.4, -0.2) is 22.8 Å². The van der Waals surface area contributed by atoms with Crippen LogP contribution >= 0.6 is 0 Å². The highest BCUT2D eigenvalue weighted by Gasteiger charge is 2.01. The van der Waals surface area contributed by atoms with Crippen molar-refractivity contribution >= 4 is 0 Å². The number of benzene rings is 1. The van der Waals surface area contributed by atoms with Crippen molar-refractivity contribution < 1.29 is 4.74 Å². The largest absolute Gasteiger partial charge is 0.491 e. The van der Waals surface area contributed by atoms with Gasteiger partial charge >= 0.3 is 0 Å². The Morgan fingerprint density at radius 3 is 2.90 bits per heavy atom. The van der Waals surface area contributed by atoms with Gasteiger partial charge in [0.1, 0.15) is 5.75 Å². The van der Waals surface area contributed by atoms with Gasteiger partial charge in [0.2, 0.25) is 0 Å². The molecule has 2 N–H and O–H groups in total. The average Bonchev–Trinajstić information content (AvgIpc) is 2.84. The van der Waals surface area contributed by atoms with Crippen LogP contribution in [-0.2, 0) is 13.0 Å². The van der Waals surface area contributed by atoms with Crippen molar-refractivity contribution in [1.82, 2.24) is 15.5 Å². The van der Waals surface area contributed by atoms with Crippen molar-refractivity contribution in [3.8, 4) is 5.75 Å². The highest BCUT2D eigenvalue weighted by atomic mass is 16.5. The molecule has 1 heterocycles. The first-order chi connectivity index (χ1) is 10.1. The molecule has 4 heteroatoms. The number of aryl methyl sites for hydroxylation is 2. The van der Waals surface area contributed by atoms with E-state index in [1.54, 1.807) is 0 Å². The van der Waals surface area contributed by atoms with E-state index in [1.165, 1.54) is 16.8 Å². The fraction of sp³-hybridized carbons (Fsp3) is 0.471. The van der Waals surface area contributed by atoms with Crippen LogP contribution in [0.15, 0.2) is 30.5 Å². The Hall–Kier alpha value is -1.81. The molecule has 1 aromatic carbocycles. The first kappa shape index (κ1) is 15.6. The van der Waals surface area contributed by atoms with Crippen LogP contribution in [0.4, 0.5) is 0 Å². The van der Waals surface area contributed by atoms with Gasteiger partial charge in [-0.05, 0) is 63.4 Å². The Bertz CT molecular complexity index is 548. The summed E-state index contributed by atoms with van der Waals surface area (Å²) in [6.07, 6.45) is 4.31. The van der Waals surface area contributed by atoms with E-state index in [0.29, 0.717) is 0 Å². The molecule has 21 heavy (non-hydrogen) atoms. The lowest BCUT2D eigenvalue weighted by Gasteiger charge is -2.11. The molecular formula is C17H25N3O. The molecule has 0 aliphatic rings. The Balaban J connectivity index is 1.70. The second kappa shape index (κ2) is 7.84. The lowest BCUT2D eigenvalue weighted by atomic mass is 10.1. The Labute approximate surface area is 126 Å². The predicted molar refractivity (Wildman–Crippen MR) is 85.6 cm³/mol. The molecule has 0 saturated carbocycles. The zero-order chi connectivity index (χ0) is 15.1. The topological polar surface area (TPSA) is 49.9 Å². The molecule has 0 radical (unpaired) electrons. The van der Waals surface area contributed by atoms with Crippen molar-refractivity contribution in [2.75, 3.05) is 6.54 Å². The minimum Gasteiger partial charge on any atom is -0.491 e. The summed E-state index contributed by atoms with van der Waals surface area (Å²) in [5.74, 6) is 0.943. The SMILES string of the molecule is Cc1[nH]ncc1CCCNCc1cccc(OC(C)C)c1. The van der Waals surface area contributed by atoms with Crippen LogP contribution in [0.25, 0.3) is 0 Å². The number of hydrogen-bond acceptors (Lipinski definition) is 3. The Morgan fingerprint density at radius 1 is 1.33 bits per heavy atom. The minimum atomic E-state index is 0.214. The summed E-state index contributed by atoms with van der Waals surface area (Å²) < 4.78 is 5.71. The monoisotopic (exact) mass is 287 g/mol. The molecule has 2 rings (SSSR count). The summed E-state index contributed by atoms with van der Waals surface area (Å²) in [6, 6.07) is 8.28. The highest BCUT2D eigenvalue weighted by Crippen LogP contribution is 2.14. The molecule has 0 amide bonds. The third kappa shape index (κ3) is 5.23. The van der Waals surface area contributed by atoms with Gasteiger partial charge in [-0.3, -0.25) is 5.10 Å². The highest BCUT2D eigenvalue weighted by molar-refractivity contribution is 5.28. The van der Waals surface area contributed by atoms with E-state index in [2.05, 4.69) is 34.6 Å². The zero-order valence-corrected chi connectivity index (χ0v) is 13.1. The summed E-state index contributed by atoms with van der Waals surface area (Å²) in [5.41, 5.74) is 3.74. The van der Waals surface area contributed by atoms with Crippen molar-refractivity contribution in [3.63, 3.8) is 0 Å². The molecule has 0 unspecified atom stereocenters. The van der Waals surface area contributed by atoms with Crippen LogP contribution in [0, 0.1) is 6.92 Å². The number of aromatic nitrogens is 2. The van der Waals surface area contributed by atoms with Crippen LogP contribution in [0.1, 0.15) is 37.1 Å². The Morgan fingerprint density at radius 2 is 2.19 bits per heavy atom. The van der Waals surface area contributed by atoms with E-state index in [0.717, 1.165) is 31.7 Å². The van der Waals surface area contributed by atoms with Gasteiger partial charge in [-0.2, -0.15) is 5.10 Å². The van der Waals surface area contributed by atoms with Crippen molar-refractivity contribution in [1.29, 1.82) is 0 Å². The van der Waals surface area contributed by atoms with Crippen molar-refractivity contribution in [3.05, 3.63) is 47.3 Å². The van der Waals surface area contributed by atoms with Gasteiger partial charge in [0.05, 0.1) is 12.3 Å². The minimum absolute atomic E-state index is 0.214. The molecule has 4 nitrogen and oxygen atoms in total. The van der Waals surface area contributed by atoms with Crippen LogP contribution in [0.5, 0.6) is 5.75 Å². The summed E-state index contributed by atoms with van der Waals surface area (Å²) in [7, 11) is 0. The third-order valence-corrected chi connectivity index (χ3v) is 3.33. The number of nitrogens with one attached hydrogen (secondary N) is 2. The van der Waals surface area contributed by atoms with Crippen molar-refractivity contribution in [2.24, 2.45) is 0 Å². The second-order valence-electron chi connectivity index (χ2n) is 5.61. The lowest BCUT2D eigenvalue weighted by molar-refractivity contribution is 0.242. The smallest absolute Gasteiger partial charge is 0.120 e. The number of aromatic amines is 1. The first-order valence-corrected chi connectivity index (χ1v) is 7.60. The maximum atomic E-state index is 5.71. The summed E-state index contributed by atoms with van der Waals surface area (Å²) in [6.45, 7) is 8.03. The molecular weight excluding hydrogens is 262 g/mol. The van der Waals surface area contributed by atoms with Crippen LogP contribution < -0.4 is 10.1 Å². The molecule has 0 saturated heterocycles. The third-order valence-electron chi connectivity index (χ3n) is 3.33. The number of hydrogen-bond donors (Lipinski definition) is 2. The first-order valence-electron chi connectivity index (χ1n) is 7.60. The van der Waals surface area contributed by atoms with E-state index >= 15 is 0 Å². The molecule has 0 atom stereocenters. The second-order valence-corrected chi connectivity index (χ2v) is 5.61. The van der Waals surface area contributed by atoms with Crippen LogP contribution in [0.3, 0.4) is 0 Å². The quantitative estimate of drug-likeness (QED) is 0.733. The summed E-state index contributed by atoms with van der Waals surface area (Å²) in [4.78, 5) is 0. The van der Waals surface area contributed by atoms with E-state index in [-0.39, 0.29) is 6.10 Å². The van der Waals surface area contributed by atoms with E-state index in [1.807, 2.05) is 32.2 Å². The normalized spacial score (nSPS) is 11.0. The van der Waals surface area contributed by atoms with E-state index < -0.39 is 0 Å². The standard InChI is InChI=1S/C17H25N3O/c1-13(2)21-17-8-4-6-15(10-17)11-18-9-5-7-16-12-19-20-14(16)3/h4,6,8,10,12-13,18H,5,7,9,11H2,1-3H3,(H,19,20). The van der Waals surface area contributed by atoms with Gasteiger partial charge in [-0.25, -0.2) is 0 Å². The summed E-state index contributed by atoms with van der Waals surface area (Å²) in [5, 5.41) is 10.5. The molecule has 0 fully saturated rings. The molecule has 0 bridgehead atoms. The van der Waals surface area contributed by atoms with E-state index in [9.17, 15) is 0 Å². The van der Waals surface area contributed by atoms with E-state index in [4.69, 9.17) is 4.74 Å². The maximum Gasteiger partial charge on any atom is 0.120 e. The average molecular weight is 287 g/mol. The van der Waals surface area contributed by atoms with Gasteiger partial charge in [0.25, 0.3) is 0 Å². The predicted octanol–water partition coefficient (Wildman–Crippen LogP) is 3.23.